The van der Waals surface area contributed by atoms with E-state index in [-0.39, 0.29) is 5.78 Å². The predicted molar refractivity (Wildman–Crippen MR) is 61.3 cm³/mol. The van der Waals surface area contributed by atoms with Crippen molar-refractivity contribution in [3.05, 3.63) is 27.4 Å². The van der Waals surface area contributed by atoms with Crippen molar-refractivity contribution in [1.29, 1.82) is 0 Å². The van der Waals surface area contributed by atoms with Crippen LogP contribution in [0.5, 0.6) is 0 Å². The smallest absolute Gasteiger partial charge is 0.203 e. The molecule has 0 aromatic carbocycles. The van der Waals surface area contributed by atoms with Gasteiger partial charge in [-0.25, -0.2) is 0 Å². The van der Waals surface area contributed by atoms with E-state index in [1.54, 1.807) is 0 Å². The number of Topliss-reactive ketones (excluding diaryl/α,β-unsaturated/α-hetero) is 1. The van der Waals surface area contributed by atoms with Crippen LogP contribution in [0.2, 0.25) is 0 Å². The summed E-state index contributed by atoms with van der Waals surface area (Å²) in [5.41, 5.74) is 5.44. The lowest BCUT2D eigenvalue weighted by Gasteiger charge is -1.93. The molecular weight excluding hydrogens is 230 g/mol. The Bertz CT molecular complexity index is 450. The number of carbonyl (C=O) groups excluding carboxylic acids is 1. The summed E-state index contributed by atoms with van der Waals surface area (Å²) in [6.07, 6.45) is 1.08. The number of carbonyl (C=O) groups is 1. The van der Waals surface area contributed by atoms with Gasteiger partial charge in [0.25, 0.3) is 0 Å². The van der Waals surface area contributed by atoms with Crippen LogP contribution in [0.25, 0.3) is 0 Å². The summed E-state index contributed by atoms with van der Waals surface area (Å²) in [6.45, 7) is 0. The van der Waals surface area contributed by atoms with Gasteiger partial charge < -0.3 is 5.73 Å². The second-order valence-electron chi connectivity index (χ2n) is 2.93. The molecule has 0 amide bonds. The lowest BCUT2D eigenvalue weighted by Crippen LogP contribution is -1.98. The molecule has 0 fully saturated rings. The largest absolute Gasteiger partial charge is 0.374 e. The Morgan fingerprint density at radius 1 is 1.47 bits per heavy atom. The van der Waals surface area contributed by atoms with Crippen molar-refractivity contribution in [2.24, 2.45) is 0 Å². The second kappa shape index (κ2) is 4.50. The number of rotatable bonds is 4. The first-order valence-electron chi connectivity index (χ1n) is 4.40. The summed E-state index contributed by atoms with van der Waals surface area (Å²) in [7, 11) is 0. The monoisotopic (exact) mass is 239 g/mol. The van der Waals surface area contributed by atoms with E-state index < -0.39 is 0 Å². The number of nitrogens with two attached hydrogens (primary N) is 1. The molecule has 0 bridgehead atoms. The fourth-order valence-corrected chi connectivity index (χ4v) is 2.45. The van der Waals surface area contributed by atoms with E-state index in [1.165, 1.54) is 22.7 Å². The highest BCUT2D eigenvalue weighted by atomic mass is 32.1. The summed E-state index contributed by atoms with van der Waals surface area (Å²) in [5, 5.41) is 10.7. The lowest BCUT2D eigenvalue weighted by atomic mass is 10.2. The Hall–Kier alpha value is -1.27. The van der Waals surface area contributed by atoms with Crippen LogP contribution in [-0.2, 0) is 6.42 Å². The van der Waals surface area contributed by atoms with Crippen LogP contribution in [0.15, 0.2) is 17.5 Å². The fraction of sp³-hybridized carbons (Fsp3) is 0.222. The van der Waals surface area contributed by atoms with Crippen molar-refractivity contribution < 1.29 is 4.79 Å². The topological polar surface area (TPSA) is 68.9 Å². The first-order chi connectivity index (χ1) is 7.25. The number of aryl methyl sites for hydroxylation is 1. The Balaban J connectivity index is 1.91. The Labute approximate surface area is 94.8 Å². The van der Waals surface area contributed by atoms with Crippen LogP contribution in [0, 0.1) is 0 Å². The first-order valence-corrected chi connectivity index (χ1v) is 6.10. The molecule has 0 saturated carbocycles. The van der Waals surface area contributed by atoms with E-state index in [9.17, 15) is 4.79 Å². The van der Waals surface area contributed by atoms with Gasteiger partial charge in [-0.15, -0.1) is 21.5 Å². The average Bonchev–Trinajstić information content (AvgIpc) is 2.84. The zero-order valence-corrected chi connectivity index (χ0v) is 9.48. The normalized spacial score (nSPS) is 10.4. The molecule has 0 spiro atoms. The van der Waals surface area contributed by atoms with Gasteiger partial charge >= 0.3 is 0 Å². The zero-order valence-electron chi connectivity index (χ0n) is 7.84. The van der Waals surface area contributed by atoms with Gasteiger partial charge in [-0.2, -0.15) is 0 Å². The van der Waals surface area contributed by atoms with Gasteiger partial charge in [0.2, 0.25) is 5.13 Å². The number of nitrogen functional groups attached to an aromatic ring is 1. The number of hydrogen-bond donors (Lipinski definition) is 1. The van der Waals surface area contributed by atoms with Crippen molar-refractivity contribution >= 4 is 33.6 Å². The highest BCUT2D eigenvalue weighted by Gasteiger charge is 2.08. The Morgan fingerprint density at radius 2 is 2.33 bits per heavy atom. The van der Waals surface area contributed by atoms with Gasteiger partial charge in [-0.3, -0.25) is 4.79 Å². The number of thiophene rings is 1. The minimum atomic E-state index is 0.152. The SMILES string of the molecule is Nc1nnc(CCC(=O)c2cccs2)s1. The van der Waals surface area contributed by atoms with Crippen LogP contribution >= 0.6 is 22.7 Å². The van der Waals surface area contributed by atoms with Gasteiger partial charge in [0, 0.05) is 12.8 Å². The van der Waals surface area contributed by atoms with Crippen molar-refractivity contribution in [3.63, 3.8) is 0 Å². The number of nitrogens with zero attached hydrogens (tertiary/aromatic N) is 2. The fourth-order valence-electron chi connectivity index (χ4n) is 1.15. The van der Waals surface area contributed by atoms with Gasteiger partial charge in [-0.05, 0) is 11.4 Å². The summed E-state index contributed by atoms with van der Waals surface area (Å²) in [4.78, 5) is 12.4. The maximum absolute atomic E-state index is 11.6. The molecule has 4 nitrogen and oxygen atoms in total. The zero-order chi connectivity index (χ0) is 10.7. The molecule has 6 heteroatoms. The molecular formula is C9H9N3OS2. The molecule has 2 aromatic heterocycles. The maximum atomic E-state index is 11.6. The van der Waals surface area contributed by atoms with Crippen molar-refractivity contribution in [2.45, 2.75) is 12.8 Å². The lowest BCUT2D eigenvalue weighted by molar-refractivity contribution is 0.0986. The van der Waals surface area contributed by atoms with Crippen molar-refractivity contribution in [2.75, 3.05) is 5.73 Å². The van der Waals surface area contributed by atoms with Crippen LogP contribution in [0.3, 0.4) is 0 Å². The Kier molecular flexibility index (Phi) is 3.08. The van der Waals surface area contributed by atoms with Crippen LogP contribution in [-0.4, -0.2) is 16.0 Å². The van der Waals surface area contributed by atoms with Crippen LogP contribution < -0.4 is 5.73 Å². The maximum Gasteiger partial charge on any atom is 0.203 e. The van der Waals surface area contributed by atoms with Crippen molar-refractivity contribution in [3.8, 4) is 0 Å². The van der Waals surface area contributed by atoms with Gasteiger partial charge in [0.15, 0.2) is 5.78 Å². The number of aromatic nitrogens is 2. The molecule has 0 saturated heterocycles. The van der Waals surface area contributed by atoms with Gasteiger partial charge in [0.1, 0.15) is 5.01 Å². The molecule has 2 aromatic rings. The van der Waals surface area contributed by atoms with E-state index in [2.05, 4.69) is 10.2 Å². The predicted octanol–water partition coefficient (Wildman–Crippen LogP) is 2.00. The molecule has 0 radical (unpaired) electrons. The Morgan fingerprint density at radius 3 is 2.93 bits per heavy atom. The molecule has 0 aliphatic rings. The summed E-state index contributed by atoms with van der Waals surface area (Å²) >= 11 is 2.80. The van der Waals surface area contributed by atoms with Crippen molar-refractivity contribution in [1.82, 2.24) is 10.2 Å². The summed E-state index contributed by atoms with van der Waals surface area (Å²) in [6, 6.07) is 3.71. The molecule has 2 rings (SSSR count). The molecule has 2 heterocycles. The van der Waals surface area contributed by atoms with Gasteiger partial charge in [-0.1, -0.05) is 17.4 Å². The standard InChI is InChI=1S/C9H9N3OS2/c10-9-12-11-8(15-9)4-3-6(13)7-2-1-5-14-7/h1-2,5H,3-4H2,(H2,10,12). The van der Waals surface area contributed by atoms with E-state index in [1.807, 2.05) is 17.5 Å². The molecule has 78 valence electrons. The average molecular weight is 239 g/mol. The summed E-state index contributed by atoms with van der Waals surface area (Å²) < 4.78 is 0. The molecule has 0 aliphatic heterocycles. The highest BCUT2D eigenvalue weighted by Crippen LogP contribution is 2.16. The van der Waals surface area contributed by atoms with E-state index >= 15 is 0 Å². The third kappa shape index (κ3) is 2.60. The quantitative estimate of drug-likeness (QED) is 0.828. The van der Waals surface area contributed by atoms with Crippen LogP contribution in [0.1, 0.15) is 21.1 Å². The molecule has 0 aliphatic carbocycles. The number of hydrogen-bond acceptors (Lipinski definition) is 6. The second-order valence-corrected chi connectivity index (χ2v) is 4.98. The van der Waals surface area contributed by atoms with E-state index in [4.69, 9.17) is 5.73 Å². The third-order valence-electron chi connectivity index (χ3n) is 1.84. The van der Waals surface area contributed by atoms with E-state index in [0.29, 0.717) is 18.0 Å². The van der Waals surface area contributed by atoms with E-state index in [0.717, 1.165) is 9.88 Å². The minimum Gasteiger partial charge on any atom is -0.374 e. The van der Waals surface area contributed by atoms with Gasteiger partial charge in [0.05, 0.1) is 4.88 Å². The van der Waals surface area contributed by atoms with Crippen LogP contribution in [0.4, 0.5) is 5.13 Å². The molecule has 15 heavy (non-hydrogen) atoms. The highest BCUT2D eigenvalue weighted by molar-refractivity contribution is 7.15. The summed E-state index contributed by atoms with van der Waals surface area (Å²) in [5.74, 6) is 0.152. The molecule has 0 atom stereocenters. The molecule has 2 N–H and O–H groups in total. The third-order valence-corrected chi connectivity index (χ3v) is 3.57. The first kappa shape index (κ1) is 10.3. The minimum absolute atomic E-state index is 0.152. The number of ketones is 1. The number of anilines is 1. The molecule has 0 unspecified atom stereocenters.